The molecule has 0 aliphatic heterocycles. The van der Waals surface area contributed by atoms with Crippen molar-refractivity contribution in [3.8, 4) is 0 Å². The molecule has 0 saturated heterocycles. The number of halogens is 1. The fourth-order valence-electron chi connectivity index (χ4n) is 2.97. The predicted molar refractivity (Wildman–Crippen MR) is 97.9 cm³/mol. The minimum absolute atomic E-state index is 0.00365. The summed E-state index contributed by atoms with van der Waals surface area (Å²) in [5, 5.41) is 2.22. The van der Waals surface area contributed by atoms with E-state index < -0.39 is 0 Å². The Morgan fingerprint density at radius 2 is 2.09 bits per heavy atom. The normalized spacial score (nSPS) is 14.1. The van der Waals surface area contributed by atoms with Crippen molar-refractivity contribution in [2.75, 3.05) is 0 Å². The van der Waals surface area contributed by atoms with Crippen LogP contribution in [0.3, 0.4) is 0 Å². The first-order chi connectivity index (χ1) is 11.2. The van der Waals surface area contributed by atoms with Gasteiger partial charge in [-0.1, -0.05) is 41.6 Å². The van der Waals surface area contributed by atoms with Crippen LogP contribution in [0.1, 0.15) is 28.8 Å². The molecule has 1 aliphatic carbocycles. The molecule has 2 heterocycles. The molecule has 0 atom stereocenters. The second-order valence-electron chi connectivity index (χ2n) is 5.64. The van der Waals surface area contributed by atoms with Crippen LogP contribution < -0.4 is 5.56 Å². The molecular weight excluding hydrogens is 348 g/mol. The summed E-state index contributed by atoms with van der Waals surface area (Å²) < 4.78 is 0. The lowest BCUT2D eigenvalue weighted by Crippen LogP contribution is -2.10. The molecule has 23 heavy (non-hydrogen) atoms. The maximum atomic E-state index is 12.5. The van der Waals surface area contributed by atoms with Crippen LogP contribution in [0.15, 0.2) is 34.2 Å². The lowest BCUT2D eigenvalue weighted by atomic mass is 9.97. The van der Waals surface area contributed by atoms with Gasteiger partial charge in [-0.2, -0.15) is 0 Å². The number of thiophene rings is 1. The van der Waals surface area contributed by atoms with E-state index in [-0.39, 0.29) is 5.56 Å². The van der Waals surface area contributed by atoms with E-state index in [1.165, 1.54) is 35.0 Å². The van der Waals surface area contributed by atoms with Gasteiger partial charge in [0, 0.05) is 15.7 Å². The number of H-pyrrole nitrogens is 1. The van der Waals surface area contributed by atoms with Crippen molar-refractivity contribution in [2.24, 2.45) is 0 Å². The van der Waals surface area contributed by atoms with Crippen molar-refractivity contribution in [1.82, 2.24) is 9.97 Å². The quantitative estimate of drug-likeness (QED) is 0.537. The molecular formula is C17H15ClN2OS2. The number of nitrogens with zero attached hydrogens (tertiary/aromatic N) is 1. The molecule has 0 bridgehead atoms. The highest BCUT2D eigenvalue weighted by Gasteiger charge is 2.19. The first-order valence-electron chi connectivity index (χ1n) is 7.63. The van der Waals surface area contributed by atoms with E-state index in [1.54, 1.807) is 11.3 Å². The monoisotopic (exact) mass is 362 g/mol. The number of hydrogen-bond acceptors (Lipinski definition) is 4. The molecule has 3 aromatic rings. The lowest BCUT2D eigenvalue weighted by Gasteiger charge is -2.09. The van der Waals surface area contributed by atoms with Gasteiger partial charge in [-0.3, -0.25) is 4.79 Å². The molecule has 3 nitrogen and oxygen atoms in total. The van der Waals surface area contributed by atoms with Gasteiger partial charge < -0.3 is 4.98 Å². The summed E-state index contributed by atoms with van der Waals surface area (Å²) in [5.41, 5.74) is 2.27. The topological polar surface area (TPSA) is 45.8 Å². The molecule has 0 amide bonds. The Morgan fingerprint density at radius 1 is 1.26 bits per heavy atom. The second kappa shape index (κ2) is 6.30. The van der Waals surface area contributed by atoms with E-state index in [4.69, 9.17) is 11.6 Å². The van der Waals surface area contributed by atoms with Crippen LogP contribution in [0, 0.1) is 0 Å². The highest BCUT2D eigenvalue weighted by Crippen LogP contribution is 2.34. The summed E-state index contributed by atoms with van der Waals surface area (Å²) in [4.78, 5) is 22.3. The summed E-state index contributed by atoms with van der Waals surface area (Å²) in [6.07, 6.45) is 4.47. The third-order valence-electron chi connectivity index (χ3n) is 4.13. The van der Waals surface area contributed by atoms with Gasteiger partial charge in [-0.15, -0.1) is 11.3 Å². The molecule has 1 aromatic carbocycles. The van der Waals surface area contributed by atoms with Crippen LogP contribution >= 0.6 is 34.7 Å². The Kier molecular flexibility index (Phi) is 4.18. The van der Waals surface area contributed by atoms with Gasteiger partial charge in [0.15, 0.2) is 5.16 Å². The Morgan fingerprint density at radius 3 is 2.96 bits per heavy atom. The zero-order chi connectivity index (χ0) is 15.8. The Bertz CT molecular complexity index is 932. The van der Waals surface area contributed by atoms with E-state index in [0.717, 1.165) is 33.6 Å². The van der Waals surface area contributed by atoms with Gasteiger partial charge in [0.2, 0.25) is 0 Å². The largest absolute Gasteiger partial charge is 0.301 e. The van der Waals surface area contributed by atoms with Crippen LogP contribution in [0.4, 0.5) is 0 Å². The highest BCUT2D eigenvalue weighted by atomic mass is 35.5. The van der Waals surface area contributed by atoms with Gasteiger partial charge in [-0.05, 0) is 42.9 Å². The first kappa shape index (κ1) is 15.2. The molecule has 1 N–H and O–H groups in total. The summed E-state index contributed by atoms with van der Waals surface area (Å²) >= 11 is 9.38. The molecule has 0 spiro atoms. The maximum absolute atomic E-state index is 12.5. The van der Waals surface area contributed by atoms with Crippen LogP contribution in [0.2, 0.25) is 5.02 Å². The molecule has 6 heteroatoms. The predicted octanol–water partition coefficient (Wildman–Crippen LogP) is 4.81. The van der Waals surface area contributed by atoms with Gasteiger partial charge in [0.1, 0.15) is 4.83 Å². The Balaban J connectivity index is 1.66. The SMILES string of the molecule is O=c1[nH]c(SCc2ccccc2Cl)nc2sc3c(c12)CCCC3. The van der Waals surface area contributed by atoms with Gasteiger partial charge >= 0.3 is 0 Å². The molecule has 1 aliphatic rings. The number of rotatable bonds is 3. The summed E-state index contributed by atoms with van der Waals surface area (Å²) in [7, 11) is 0. The zero-order valence-electron chi connectivity index (χ0n) is 12.4. The van der Waals surface area contributed by atoms with Crippen LogP contribution in [-0.2, 0) is 18.6 Å². The van der Waals surface area contributed by atoms with E-state index in [1.807, 2.05) is 24.3 Å². The van der Waals surface area contributed by atoms with E-state index in [9.17, 15) is 4.79 Å². The van der Waals surface area contributed by atoms with E-state index >= 15 is 0 Å². The van der Waals surface area contributed by atoms with Gasteiger partial charge in [-0.25, -0.2) is 4.98 Å². The smallest absolute Gasteiger partial charge is 0.260 e. The molecule has 2 aromatic heterocycles. The van der Waals surface area contributed by atoms with Crippen molar-refractivity contribution in [3.63, 3.8) is 0 Å². The van der Waals surface area contributed by atoms with Gasteiger partial charge in [0.25, 0.3) is 5.56 Å². The van der Waals surface area contributed by atoms with Crippen molar-refractivity contribution in [3.05, 3.63) is 55.6 Å². The van der Waals surface area contributed by atoms with Crippen molar-refractivity contribution < 1.29 is 0 Å². The summed E-state index contributed by atoms with van der Waals surface area (Å²) in [6.45, 7) is 0. The standard InChI is InChI=1S/C17H15ClN2OS2/c18-12-7-3-1-5-10(12)9-22-17-19-15(21)14-11-6-2-4-8-13(11)23-16(14)20-17/h1,3,5,7H,2,4,6,8-9H2,(H,19,20,21). The number of thioether (sulfide) groups is 1. The lowest BCUT2D eigenvalue weighted by molar-refractivity contribution is 0.700. The van der Waals surface area contributed by atoms with E-state index in [0.29, 0.717) is 10.9 Å². The fourth-order valence-corrected chi connectivity index (χ4v) is 5.44. The molecule has 4 rings (SSSR count). The number of aromatic amines is 1. The third kappa shape index (κ3) is 2.93. The number of aryl methyl sites for hydroxylation is 2. The zero-order valence-corrected chi connectivity index (χ0v) is 14.8. The van der Waals surface area contributed by atoms with Crippen LogP contribution in [0.5, 0.6) is 0 Å². The first-order valence-corrected chi connectivity index (χ1v) is 9.81. The number of nitrogens with one attached hydrogen (secondary N) is 1. The molecule has 118 valence electrons. The highest BCUT2D eigenvalue weighted by molar-refractivity contribution is 7.98. The van der Waals surface area contributed by atoms with Crippen molar-refractivity contribution in [1.29, 1.82) is 0 Å². The second-order valence-corrected chi connectivity index (χ2v) is 8.10. The molecule has 0 fully saturated rings. The van der Waals surface area contributed by atoms with Crippen molar-refractivity contribution >= 4 is 44.9 Å². The van der Waals surface area contributed by atoms with Crippen LogP contribution in [-0.4, -0.2) is 9.97 Å². The third-order valence-corrected chi connectivity index (χ3v) is 6.60. The molecule has 0 unspecified atom stereocenters. The van der Waals surface area contributed by atoms with Gasteiger partial charge in [0.05, 0.1) is 5.39 Å². The maximum Gasteiger partial charge on any atom is 0.260 e. The summed E-state index contributed by atoms with van der Waals surface area (Å²) in [5.74, 6) is 0.694. The number of aromatic nitrogens is 2. The Hall–Kier alpha value is -1.30. The molecule has 0 radical (unpaired) electrons. The number of benzene rings is 1. The summed E-state index contributed by atoms with van der Waals surface area (Å²) in [6, 6.07) is 7.76. The van der Waals surface area contributed by atoms with E-state index in [2.05, 4.69) is 9.97 Å². The number of fused-ring (bicyclic) bond motifs is 3. The average molecular weight is 363 g/mol. The number of hydrogen-bond donors (Lipinski definition) is 1. The Labute approximate surface area is 147 Å². The van der Waals surface area contributed by atoms with Crippen molar-refractivity contribution in [2.45, 2.75) is 36.6 Å². The molecule has 0 saturated carbocycles. The minimum atomic E-state index is -0.00365. The fraction of sp³-hybridized carbons (Fsp3) is 0.294. The minimum Gasteiger partial charge on any atom is -0.301 e. The average Bonchev–Trinajstić information content (AvgIpc) is 2.93. The van der Waals surface area contributed by atoms with Crippen LogP contribution in [0.25, 0.3) is 10.2 Å².